The van der Waals surface area contributed by atoms with E-state index in [0.717, 1.165) is 6.54 Å². The van der Waals surface area contributed by atoms with Gasteiger partial charge >= 0.3 is 0 Å². The maximum Gasteiger partial charge on any atom is 0.150 e. The zero-order chi connectivity index (χ0) is 11.4. The van der Waals surface area contributed by atoms with Crippen LogP contribution in [0.1, 0.15) is 20.8 Å². The Hall–Kier alpha value is -0.960. The SMILES string of the molecule is CC(C)C(C)CNc1nc(Cl)ccc1N. The Bertz CT molecular complexity index is 326. The first-order chi connectivity index (χ1) is 7.00. The summed E-state index contributed by atoms with van der Waals surface area (Å²) in [4.78, 5) is 4.13. The molecule has 1 aromatic rings. The van der Waals surface area contributed by atoms with E-state index in [1.807, 2.05) is 0 Å². The zero-order valence-electron chi connectivity index (χ0n) is 9.42. The number of pyridine rings is 1. The van der Waals surface area contributed by atoms with Crippen LogP contribution in [0, 0.1) is 11.8 Å². The van der Waals surface area contributed by atoms with Crippen molar-refractivity contribution in [2.45, 2.75) is 20.8 Å². The van der Waals surface area contributed by atoms with Crippen LogP contribution in [0.4, 0.5) is 11.5 Å². The number of halogens is 1. The second kappa shape index (κ2) is 5.21. The van der Waals surface area contributed by atoms with Crippen LogP contribution in [0.2, 0.25) is 5.15 Å². The van der Waals surface area contributed by atoms with Crippen LogP contribution in [-0.4, -0.2) is 11.5 Å². The smallest absolute Gasteiger partial charge is 0.150 e. The third kappa shape index (κ3) is 3.59. The molecule has 0 bridgehead atoms. The first-order valence-electron chi connectivity index (χ1n) is 5.16. The average molecular weight is 228 g/mol. The molecule has 15 heavy (non-hydrogen) atoms. The van der Waals surface area contributed by atoms with Crippen LogP contribution in [0.5, 0.6) is 0 Å². The number of hydrogen-bond donors (Lipinski definition) is 2. The number of nitrogens with one attached hydrogen (secondary N) is 1. The van der Waals surface area contributed by atoms with Crippen molar-refractivity contribution in [3.63, 3.8) is 0 Å². The molecule has 4 heteroatoms. The molecule has 84 valence electrons. The van der Waals surface area contributed by atoms with E-state index in [0.29, 0.717) is 28.5 Å². The number of hydrogen-bond acceptors (Lipinski definition) is 3. The number of rotatable bonds is 4. The molecule has 0 amide bonds. The van der Waals surface area contributed by atoms with Gasteiger partial charge in [0.05, 0.1) is 5.69 Å². The minimum absolute atomic E-state index is 0.462. The largest absolute Gasteiger partial charge is 0.396 e. The van der Waals surface area contributed by atoms with Gasteiger partial charge in [-0.3, -0.25) is 0 Å². The fourth-order valence-electron chi connectivity index (χ4n) is 1.08. The van der Waals surface area contributed by atoms with E-state index in [9.17, 15) is 0 Å². The van der Waals surface area contributed by atoms with Crippen LogP contribution in [0.15, 0.2) is 12.1 Å². The normalized spacial score (nSPS) is 12.9. The molecule has 0 fully saturated rings. The van der Waals surface area contributed by atoms with Gasteiger partial charge in [0.25, 0.3) is 0 Å². The van der Waals surface area contributed by atoms with Crippen LogP contribution < -0.4 is 11.1 Å². The van der Waals surface area contributed by atoms with Gasteiger partial charge in [0, 0.05) is 6.54 Å². The lowest BCUT2D eigenvalue weighted by Gasteiger charge is -2.17. The van der Waals surface area contributed by atoms with Gasteiger partial charge in [-0.05, 0) is 24.0 Å². The Morgan fingerprint density at radius 2 is 2.07 bits per heavy atom. The molecule has 0 aliphatic carbocycles. The summed E-state index contributed by atoms with van der Waals surface area (Å²) in [5, 5.41) is 3.68. The minimum Gasteiger partial charge on any atom is -0.396 e. The van der Waals surface area contributed by atoms with Gasteiger partial charge in [-0.25, -0.2) is 4.98 Å². The summed E-state index contributed by atoms with van der Waals surface area (Å²) in [6.45, 7) is 7.44. The summed E-state index contributed by atoms with van der Waals surface area (Å²) < 4.78 is 0. The number of aromatic nitrogens is 1. The number of anilines is 2. The van der Waals surface area contributed by atoms with Crippen LogP contribution in [-0.2, 0) is 0 Å². The molecule has 0 aliphatic rings. The number of nitrogen functional groups attached to an aromatic ring is 1. The lowest BCUT2D eigenvalue weighted by Crippen LogP contribution is -2.17. The highest BCUT2D eigenvalue weighted by molar-refractivity contribution is 6.29. The van der Waals surface area contributed by atoms with E-state index >= 15 is 0 Å². The van der Waals surface area contributed by atoms with Crippen LogP contribution in [0.3, 0.4) is 0 Å². The molecule has 0 saturated heterocycles. The van der Waals surface area contributed by atoms with Crippen molar-refractivity contribution in [2.24, 2.45) is 11.8 Å². The molecule has 0 saturated carbocycles. The lowest BCUT2D eigenvalue weighted by molar-refractivity contribution is 0.439. The summed E-state index contributed by atoms with van der Waals surface area (Å²) in [5.74, 6) is 1.89. The predicted molar refractivity (Wildman–Crippen MR) is 66.2 cm³/mol. The van der Waals surface area contributed by atoms with Crippen molar-refractivity contribution in [3.05, 3.63) is 17.3 Å². The van der Waals surface area contributed by atoms with Gasteiger partial charge in [-0.2, -0.15) is 0 Å². The maximum absolute atomic E-state index is 5.79. The fraction of sp³-hybridized carbons (Fsp3) is 0.545. The Morgan fingerprint density at radius 3 is 2.67 bits per heavy atom. The highest BCUT2D eigenvalue weighted by Crippen LogP contribution is 2.19. The third-order valence-corrected chi connectivity index (χ3v) is 2.83. The van der Waals surface area contributed by atoms with E-state index < -0.39 is 0 Å². The molecule has 1 unspecified atom stereocenters. The molecule has 3 nitrogen and oxygen atoms in total. The van der Waals surface area contributed by atoms with E-state index in [1.54, 1.807) is 12.1 Å². The third-order valence-electron chi connectivity index (χ3n) is 2.62. The van der Waals surface area contributed by atoms with E-state index in [4.69, 9.17) is 17.3 Å². The average Bonchev–Trinajstić information content (AvgIpc) is 2.18. The lowest BCUT2D eigenvalue weighted by atomic mass is 9.98. The van der Waals surface area contributed by atoms with E-state index in [2.05, 4.69) is 31.1 Å². The maximum atomic E-state index is 5.79. The Balaban J connectivity index is 2.61. The van der Waals surface area contributed by atoms with Gasteiger partial charge in [-0.1, -0.05) is 32.4 Å². The van der Waals surface area contributed by atoms with Crippen molar-refractivity contribution in [2.75, 3.05) is 17.6 Å². The minimum atomic E-state index is 0.462. The molecule has 0 spiro atoms. The Labute approximate surface area is 96.0 Å². The second-order valence-corrected chi connectivity index (χ2v) is 4.56. The van der Waals surface area contributed by atoms with Crippen molar-refractivity contribution >= 4 is 23.1 Å². The zero-order valence-corrected chi connectivity index (χ0v) is 10.2. The standard InChI is InChI=1S/C11H18ClN3/c1-7(2)8(3)6-14-11-9(13)4-5-10(12)15-11/h4-5,7-8H,6,13H2,1-3H3,(H,14,15). The van der Waals surface area contributed by atoms with E-state index in [1.165, 1.54) is 0 Å². The second-order valence-electron chi connectivity index (χ2n) is 4.17. The summed E-state index contributed by atoms with van der Waals surface area (Å²) in [7, 11) is 0. The van der Waals surface area contributed by atoms with Gasteiger partial charge in [0.1, 0.15) is 5.15 Å². The molecular formula is C11H18ClN3. The fourth-order valence-corrected chi connectivity index (χ4v) is 1.23. The quantitative estimate of drug-likeness (QED) is 0.778. The Morgan fingerprint density at radius 1 is 1.40 bits per heavy atom. The topological polar surface area (TPSA) is 50.9 Å². The Kier molecular flexibility index (Phi) is 4.21. The summed E-state index contributed by atoms with van der Waals surface area (Å²) in [6, 6.07) is 3.45. The van der Waals surface area contributed by atoms with Crippen molar-refractivity contribution in [3.8, 4) is 0 Å². The van der Waals surface area contributed by atoms with Gasteiger partial charge < -0.3 is 11.1 Å². The molecule has 0 aliphatic heterocycles. The summed E-state index contributed by atoms with van der Waals surface area (Å²) in [6.07, 6.45) is 0. The number of nitrogens with zero attached hydrogens (tertiary/aromatic N) is 1. The molecule has 1 atom stereocenters. The molecule has 1 aromatic heterocycles. The van der Waals surface area contributed by atoms with Gasteiger partial charge in [0.2, 0.25) is 0 Å². The molecule has 1 heterocycles. The first kappa shape index (κ1) is 12.1. The first-order valence-corrected chi connectivity index (χ1v) is 5.54. The number of nitrogens with two attached hydrogens (primary N) is 1. The highest BCUT2D eigenvalue weighted by Gasteiger charge is 2.08. The van der Waals surface area contributed by atoms with Crippen molar-refractivity contribution < 1.29 is 0 Å². The van der Waals surface area contributed by atoms with E-state index in [-0.39, 0.29) is 0 Å². The molecular weight excluding hydrogens is 210 g/mol. The van der Waals surface area contributed by atoms with Crippen molar-refractivity contribution in [1.29, 1.82) is 0 Å². The molecule has 0 aromatic carbocycles. The molecule has 3 N–H and O–H groups in total. The molecule has 1 rings (SSSR count). The van der Waals surface area contributed by atoms with Gasteiger partial charge in [-0.15, -0.1) is 0 Å². The summed E-state index contributed by atoms with van der Waals surface area (Å²) >= 11 is 5.79. The summed E-state index contributed by atoms with van der Waals surface area (Å²) in [5.41, 5.74) is 6.40. The highest BCUT2D eigenvalue weighted by atomic mass is 35.5. The monoisotopic (exact) mass is 227 g/mol. The van der Waals surface area contributed by atoms with Gasteiger partial charge in [0.15, 0.2) is 5.82 Å². The predicted octanol–water partition coefficient (Wildman–Crippen LogP) is 3.02. The van der Waals surface area contributed by atoms with Crippen molar-refractivity contribution in [1.82, 2.24) is 4.98 Å². The molecule has 0 radical (unpaired) electrons. The van der Waals surface area contributed by atoms with Crippen LogP contribution >= 0.6 is 11.6 Å². The van der Waals surface area contributed by atoms with Crippen LogP contribution in [0.25, 0.3) is 0 Å².